The summed E-state index contributed by atoms with van der Waals surface area (Å²) < 4.78 is 25.1. The van der Waals surface area contributed by atoms with Gasteiger partial charge in [0.25, 0.3) is 5.91 Å². The maximum absolute atomic E-state index is 12.5. The van der Waals surface area contributed by atoms with Crippen molar-refractivity contribution in [3.63, 3.8) is 0 Å². The number of carbonyl (C=O) groups is 1. The molecule has 3 heterocycles. The summed E-state index contributed by atoms with van der Waals surface area (Å²) >= 11 is 0. The third-order valence-corrected chi connectivity index (χ3v) is 4.62. The molecular weight excluding hydrogens is 328 g/mol. The van der Waals surface area contributed by atoms with Crippen LogP contribution in [-0.2, 0) is 29.5 Å². The Labute approximate surface area is 140 Å². The number of hydrogen-bond donors (Lipinski definition) is 1. The van der Waals surface area contributed by atoms with E-state index in [1.54, 1.807) is 41.8 Å². The number of nitrogens with zero attached hydrogens (tertiary/aromatic N) is 3. The number of sulfonamides is 1. The van der Waals surface area contributed by atoms with Gasteiger partial charge >= 0.3 is 0 Å². The molecule has 0 atom stereocenters. The van der Waals surface area contributed by atoms with Crippen LogP contribution in [0, 0.1) is 0 Å². The van der Waals surface area contributed by atoms with E-state index in [0.29, 0.717) is 25.1 Å². The van der Waals surface area contributed by atoms with Gasteiger partial charge in [-0.1, -0.05) is 0 Å². The zero-order valence-electron chi connectivity index (χ0n) is 13.3. The minimum absolute atomic E-state index is 0.0617. The highest BCUT2D eigenvalue weighted by Gasteiger charge is 2.23. The zero-order valence-corrected chi connectivity index (χ0v) is 14.1. The Hall–Kier alpha value is -2.32. The van der Waals surface area contributed by atoms with Crippen molar-refractivity contribution in [2.24, 2.45) is 0 Å². The van der Waals surface area contributed by atoms with Crippen LogP contribution in [0.4, 0.5) is 0 Å². The lowest BCUT2D eigenvalue weighted by molar-refractivity contribution is 0.0733. The number of carbonyl (C=O) groups excluding carboxylic acids is 1. The van der Waals surface area contributed by atoms with Gasteiger partial charge in [0.2, 0.25) is 10.0 Å². The number of amides is 1. The second-order valence-electron chi connectivity index (χ2n) is 5.75. The molecule has 1 N–H and O–H groups in total. The first-order valence-electron chi connectivity index (χ1n) is 7.52. The smallest absolute Gasteiger partial charge is 0.255 e. The number of aromatic nitrogens is 2. The van der Waals surface area contributed by atoms with Gasteiger partial charge in [0.15, 0.2) is 0 Å². The van der Waals surface area contributed by atoms with Crippen molar-refractivity contribution in [2.75, 3.05) is 12.8 Å². The summed E-state index contributed by atoms with van der Waals surface area (Å²) in [6.07, 6.45) is 8.40. The quantitative estimate of drug-likeness (QED) is 0.881. The third-order valence-electron chi connectivity index (χ3n) is 3.95. The molecule has 8 heteroatoms. The molecule has 0 spiro atoms. The standard InChI is InChI=1S/C16H18N4O3S/c1-24(22,23)19-10-13-8-18-9-14-11-20(6-4-15(13)14)16(21)12-3-2-5-17-7-12/h2-3,5,7-9,19H,4,6,10-11H2,1H3. The molecule has 0 bridgehead atoms. The van der Waals surface area contributed by atoms with Gasteiger partial charge in [-0.3, -0.25) is 14.8 Å². The molecule has 0 fully saturated rings. The van der Waals surface area contributed by atoms with Gasteiger partial charge in [-0.2, -0.15) is 0 Å². The summed E-state index contributed by atoms with van der Waals surface area (Å²) in [5, 5.41) is 0. The van der Waals surface area contributed by atoms with E-state index in [1.165, 1.54) is 0 Å². The molecular formula is C16H18N4O3S. The van der Waals surface area contributed by atoms with Crippen molar-refractivity contribution in [3.8, 4) is 0 Å². The molecule has 0 saturated heterocycles. The minimum Gasteiger partial charge on any atom is -0.334 e. The molecule has 2 aromatic rings. The fourth-order valence-electron chi connectivity index (χ4n) is 2.77. The van der Waals surface area contributed by atoms with Gasteiger partial charge in [0.1, 0.15) is 0 Å². The molecule has 0 radical (unpaired) electrons. The van der Waals surface area contributed by atoms with Crippen LogP contribution in [-0.4, -0.2) is 42.0 Å². The first-order valence-corrected chi connectivity index (χ1v) is 9.42. The van der Waals surface area contributed by atoms with Crippen LogP contribution < -0.4 is 4.72 Å². The maximum Gasteiger partial charge on any atom is 0.255 e. The van der Waals surface area contributed by atoms with Crippen molar-refractivity contribution in [1.82, 2.24) is 19.6 Å². The van der Waals surface area contributed by atoms with Crippen LogP contribution in [0.5, 0.6) is 0 Å². The molecule has 3 rings (SSSR count). The molecule has 0 unspecified atom stereocenters. The average molecular weight is 346 g/mol. The topological polar surface area (TPSA) is 92.3 Å². The highest BCUT2D eigenvalue weighted by atomic mass is 32.2. The van der Waals surface area contributed by atoms with Gasteiger partial charge in [-0.15, -0.1) is 0 Å². The number of fused-ring (bicyclic) bond motifs is 1. The van der Waals surface area contributed by atoms with Crippen LogP contribution in [0.15, 0.2) is 36.9 Å². The van der Waals surface area contributed by atoms with Crippen molar-refractivity contribution in [2.45, 2.75) is 19.5 Å². The Morgan fingerprint density at radius 2 is 2.12 bits per heavy atom. The Morgan fingerprint density at radius 3 is 2.83 bits per heavy atom. The second kappa shape index (κ2) is 6.66. The molecule has 2 aromatic heterocycles. The van der Waals surface area contributed by atoms with Gasteiger partial charge in [0.05, 0.1) is 11.8 Å². The SMILES string of the molecule is CS(=O)(=O)NCc1cncc2c1CCN(C(=O)c1cccnc1)C2. The summed E-state index contributed by atoms with van der Waals surface area (Å²) in [7, 11) is -3.26. The number of rotatable bonds is 4. The average Bonchev–Trinajstić information content (AvgIpc) is 2.59. The monoisotopic (exact) mass is 346 g/mol. The Kier molecular flexibility index (Phi) is 4.59. The van der Waals surface area contributed by atoms with E-state index in [2.05, 4.69) is 14.7 Å². The van der Waals surface area contributed by atoms with E-state index in [0.717, 1.165) is 22.9 Å². The van der Waals surface area contributed by atoms with Crippen molar-refractivity contribution < 1.29 is 13.2 Å². The zero-order chi connectivity index (χ0) is 17.2. The number of hydrogen-bond acceptors (Lipinski definition) is 5. The van der Waals surface area contributed by atoms with Crippen molar-refractivity contribution >= 4 is 15.9 Å². The van der Waals surface area contributed by atoms with E-state index < -0.39 is 10.0 Å². The Balaban J connectivity index is 1.78. The molecule has 1 aliphatic rings. The molecule has 0 saturated carbocycles. The van der Waals surface area contributed by atoms with E-state index in [9.17, 15) is 13.2 Å². The summed E-state index contributed by atoms with van der Waals surface area (Å²) in [6, 6.07) is 3.48. The summed E-state index contributed by atoms with van der Waals surface area (Å²) in [4.78, 5) is 22.4. The van der Waals surface area contributed by atoms with E-state index in [1.807, 2.05) is 0 Å². The minimum atomic E-state index is -3.26. The van der Waals surface area contributed by atoms with Gasteiger partial charge in [-0.05, 0) is 35.2 Å². The van der Waals surface area contributed by atoms with Gasteiger partial charge in [-0.25, -0.2) is 13.1 Å². The molecule has 0 aromatic carbocycles. The number of pyridine rings is 2. The predicted octanol–water partition coefficient (Wildman–Crippen LogP) is 0.724. The number of nitrogens with one attached hydrogen (secondary N) is 1. The van der Waals surface area contributed by atoms with Crippen LogP contribution in [0.1, 0.15) is 27.0 Å². The highest BCUT2D eigenvalue weighted by Crippen LogP contribution is 2.23. The Bertz CT molecular complexity index is 853. The molecule has 1 aliphatic heterocycles. The lowest BCUT2D eigenvalue weighted by atomic mass is 9.97. The molecule has 24 heavy (non-hydrogen) atoms. The lowest BCUT2D eigenvalue weighted by Crippen LogP contribution is -2.36. The van der Waals surface area contributed by atoms with E-state index >= 15 is 0 Å². The fraction of sp³-hybridized carbons (Fsp3) is 0.312. The normalized spacial score (nSPS) is 14.3. The summed E-state index contributed by atoms with van der Waals surface area (Å²) in [5.74, 6) is -0.0617. The van der Waals surface area contributed by atoms with Crippen molar-refractivity contribution in [1.29, 1.82) is 0 Å². The largest absolute Gasteiger partial charge is 0.334 e. The molecule has 1 amide bonds. The second-order valence-corrected chi connectivity index (χ2v) is 7.58. The first-order chi connectivity index (χ1) is 11.4. The van der Waals surface area contributed by atoms with Crippen molar-refractivity contribution in [3.05, 3.63) is 59.2 Å². The molecule has 126 valence electrons. The van der Waals surface area contributed by atoms with Crippen LogP contribution in [0.25, 0.3) is 0 Å². The van der Waals surface area contributed by atoms with Gasteiger partial charge in [0, 0.05) is 44.4 Å². The molecule has 0 aliphatic carbocycles. The Morgan fingerprint density at radius 1 is 1.29 bits per heavy atom. The maximum atomic E-state index is 12.5. The summed E-state index contributed by atoms with van der Waals surface area (Å²) in [6.45, 7) is 1.25. The van der Waals surface area contributed by atoms with Crippen LogP contribution in [0.3, 0.4) is 0 Å². The van der Waals surface area contributed by atoms with Crippen LogP contribution in [0.2, 0.25) is 0 Å². The fourth-order valence-corrected chi connectivity index (χ4v) is 3.19. The van der Waals surface area contributed by atoms with Crippen LogP contribution >= 0.6 is 0 Å². The highest BCUT2D eigenvalue weighted by molar-refractivity contribution is 7.88. The lowest BCUT2D eigenvalue weighted by Gasteiger charge is -2.30. The van der Waals surface area contributed by atoms with Gasteiger partial charge < -0.3 is 4.90 Å². The predicted molar refractivity (Wildman–Crippen MR) is 88.6 cm³/mol. The molecule has 7 nitrogen and oxygen atoms in total. The third kappa shape index (κ3) is 3.77. The summed E-state index contributed by atoms with van der Waals surface area (Å²) in [5.41, 5.74) is 3.43. The first kappa shape index (κ1) is 16.5. The van der Waals surface area contributed by atoms with E-state index in [4.69, 9.17) is 0 Å². The van der Waals surface area contributed by atoms with E-state index in [-0.39, 0.29) is 12.5 Å².